The summed E-state index contributed by atoms with van der Waals surface area (Å²) in [5.41, 5.74) is 1.86. The van der Waals surface area contributed by atoms with Crippen LogP contribution in [0.2, 0.25) is 0 Å². The van der Waals surface area contributed by atoms with E-state index in [1.807, 2.05) is 24.3 Å². The molecule has 0 N–H and O–H groups in total. The van der Waals surface area contributed by atoms with Crippen molar-refractivity contribution < 1.29 is 0 Å². The lowest BCUT2D eigenvalue weighted by Gasteiger charge is -2.16. The summed E-state index contributed by atoms with van der Waals surface area (Å²) in [5, 5.41) is 11.1. The van der Waals surface area contributed by atoms with Gasteiger partial charge in [0.05, 0.1) is 11.6 Å². The van der Waals surface area contributed by atoms with Crippen molar-refractivity contribution in [1.29, 1.82) is 5.26 Å². The highest BCUT2D eigenvalue weighted by Crippen LogP contribution is 2.14. The number of hydrogen-bond acceptors (Lipinski definition) is 3. The van der Waals surface area contributed by atoms with Crippen molar-refractivity contribution in [1.82, 2.24) is 4.90 Å². The van der Waals surface area contributed by atoms with Crippen LogP contribution in [0.3, 0.4) is 0 Å². The molecule has 17 heavy (non-hydrogen) atoms. The number of nitriles is 1. The van der Waals surface area contributed by atoms with E-state index in [4.69, 9.17) is 5.26 Å². The molecule has 0 atom stereocenters. The van der Waals surface area contributed by atoms with Crippen molar-refractivity contribution in [2.45, 2.75) is 13.1 Å². The Kier molecular flexibility index (Phi) is 3.92. The van der Waals surface area contributed by atoms with E-state index < -0.39 is 0 Å². The maximum absolute atomic E-state index is 9.02. The minimum absolute atomic E-state index is 0.769. The van der Waals surface area contributed by atoms with Gasteiger partial charge in [0, 0.05) is 18.0 Å². The van der Waals surface area contributed by atoms with Crippen LogP contribution in [0.5, 0.6) is 0 Å². The maximum Gasteiger partial charge on any atom is 0.0995 e. The smallest absolute Gasteiger partial charge is 0.0995 e. The first-order valence-electron chi connectivity index (χ1n) is 5.48. The van der Waals surface area contributed by atoms with E-state index in [0.717, 1.165) is 24.2 Å². The molecule has 0 saturated carbocycles. The Balaban J connectivity index is 2.03. The van der Waals surface area contributed by atoms with Crippen LogP contribution in [0, 0.1) is 11.3 Å². The molecule has 3 heteroatoms. The van der Waals surface area contributed by atoms with Crippen LogP contribution in [0.15, 0.2) is 41.8 Å². The predicted octanol–water partition coefficient (Wildman–Crippen LogP) is 3.25. The lowest BCUT2D eigenvalue weighted by molar-refractivity contribution is 0.321. The fourth-order valence-electron chi connectivity index (χ4n) is 1.78. The standard InChI is InChI=1S/C14H14N2S/c1-16(11-14-7-4-8-17-14)10-13-6-3-2-5-12(13)9-15/h2-8H,10-11H2,1H3. The number of thiophene rings is 1. The fraction of sp³-hybridized carbons (Fsp3) is 0.214. The summed E-state index contributed by atoms with van der Waals surface area (Å²) in [6.07, 6.45) is 0. The molecule has 86 valence electrons. The lowest BCUT2D eigenvalue weighted by Crippen LogP contribution is -2.17. The minimum atomic E-state index is 0.769. The quantitative estimate of drug-likeness (QED) is 0.823. The molecular weight excluding hydrogens is 228 g/mol. The number of rotatable bonds is 4. The van der Waals surface area contributed by atoms with Gasteiger partial charge >= 0.3 is 0 Å². The molecule has 2 nitrogen and oxygen atoms in total. The normalized spacial score (nSPS) is 10.4. The molecule has 0 radical (unpaired) electrons. The van der Waals surface area contributed by atoms with Crippen molar-refractivity contribution in [2.75, 3.05) is 7.05 Å². The van der Waals surface area contributed by atoms with Crippen molar-refractivity contribution in [3.05, 3.63) is 57.8 Å². The topological polar surface area (TPSA) is 27.0 Å². The predicted molar refractivity (Wildman–Crippen MR) is 70.6 cm³/mol. The first-order chi connectivity index (χ1) is 8.29. The summed E-state index contributed by atoms with van der Waals surface area (Å²) in [6.45, 7) is 1.74. The van der Waals surface area contributed by atoms with Gasteiger partial charge in [-0.1, -0.05) is 24.3 Å². The van der Waals surface area contributed by atoms with Gasteiger partial charge < -0.3 is 0 Å². The summed E-state index contributed by atoms with van der Waals surface area (Å²) in [5.74, 6) is 0. The van der Waals surface area contributed by atoms with Crippen molar-refractivity contribution in [3.8, 4) is 6.07 Å². The van der Waals surface area contributed by atoms with Crippen LogP contribution in [-0.2, 0) is 13.1 Å². The molecule has 0 aliphatic rings. The lowest BCUT2D eigenvalue weighted by atomic mass is 10.1. The molecule has 0 bridgehead atoms. The Bertz CT molecular complexity index is 511. The second-order valence-electron chi connectivity index (χ2n) is 4.02. The Morgan fingerprint density at radius 3 is 2.71 bits per heavy atom. The summed E-state index contributed by atoms with van der Waals surface area (Å²) in [6, 6.07) is 14.2. The Labute approximate surface area is 106 Å². The van der Waals surface area contributed by atoms with E-state index in [9.17, 15) is 0 Å². The summed E-state index contributed by atoms with van der Waals surface area (Å²) >= 11 is 1.77. The van der Waals surface area contributed by atoms with Crippen molar-refractivity contribution in [3.63, 3.8) is 0 Å². The third-order valence-electron chi connectivity index (χ3n) is 2.58. The highest BCUT2D eigenvalue weighted by Gasteiger charge is 2.05. The Morgan fingerprint density at radius 1 is 1.18 bits per heavy atom. The van der Waals surface area contributed by atoms with Crippen molar-refractivity contribution >= 4 is 11.3 Å². The molecule has 0 spiro atoms. The second-order valence-corrected chi connectivity index (χ2v) is 5.05. The molecule has 0 fully saturated rings. The molecule has 1 aromatic heterocycles. The SMILES string of the molecule is CN(Cc1cccs1)Cc1ccccc1C#N. The molecule has 2 rings (SSSR count). The van der Waals surface area contributed by atoms with Gasteiger partial charge in [-0.15, -0.1) is 11.3 Å². The second kappa shape index (κ2) is 5.62. The molecule has 1 heterocycles. The molecule has 0 aliphatic carbocycles. The van der Waals surface area contributed by atoms with Crippen LogP contribution < -0.4 is 0 Å². The van der Waals surface area contributed by atoms with E-state index in [0.29, 0.717) is 0 Å². The first kappa shape index (κ1) is 11.8. The first-order valence-corrected chi connectivity index (χ1v) is 6.36. The number of nitrogens with zero attached hydrogens (tertiary/aromatic N) is 2. The van der Waals surface area contributed by atoms with Gasteiger partial charge in [-0.2, -0.15) is 5.26 Å². The molecule has 0 aliphatic heterocycles. The molecule has 2 aromatic rings. The van der Waals surface area contributed by atoms with Gasteiger partial charge in [-0.05, 0) is 30.1 Å². The fourth-order valence-corrected chi connectivity index (χ4v) is 2.57. The molecule has 1 aromatic carbocycles. The average Bonchev–Trinajstić information content (AvgIpc) is 2.82. The van der Waals surface area contributed by atoms with E-state index in [-0.39, 0.29) is 0 Å². The highest BCUT2D eigenvalue weighted by molar-refractivity contribution is 7.09. The third kappa shape index (κ3) is 3.16. The zero-order valence-electron chi connectivity index (χ0n) is 9.76. The van der Waals surface area contributed by atoms with Crippen LogP contribution in [0.25, 0.3) is 0 Å². The molecule has 0 saturated heterocycles. The summed E-state index contributed by atoms with van der Waals surface area (Å²) < 4.78 is 0. The zero-order valence-corrected chi connectivity index (χ0v) is 10.6. The van der Waals surface area contributed by atoms with Crippen LogP contribution in [-0.4, -0.2) is 11.9 Å². The van der Waals surface area contributed by atoms with Crippen LogP contribution in [0.1, 0.15) is 16.0 Å². The van der Waals surface area contributed by atoms with E-state index in [1.54, 1.807) is 11.3 Å². The molecule has 0 unspecified atom stereocenters. The third-order valence-corrected chi connectivity index (χ3v) is 3.45. The summed E-state index contributed by atoms with van der Waals surface area (Å²) in [7, 11) is 2.08. The highest BCUT2D eigenvalue weighted by atomic mass is 32.1. The van der Waals surface area contributed by atoms with E-state index in [2.05, 4.69) is 35.5 Å². The van der Waals surface area contributed by atoms with Crippen LogP contribution in [0.4, 0.5) is 0 Å². The van der Waals surface area contributed by atoms with E-state index in [1.165, 1.54) is 4.88 Å². The van der Waals surface area contributed by atoms with E-state index >= 15 is 0 Å². The number of benzene rings is 1. The van der Waals surface area contributed by atoms with Gasteiger partial charge in [0.15, 0.2) is 0 Å². The summed E-state index contributed by atoms with van der Waals surface area (Å²) in [4.78, 5) is 3.57. The Morgan fingerprint density at radius 2 is 2.00 bits per heavy atom. The van der Waals surface area contributed by atoms with Gasteiger partial charge in [0.25, 0.3) is 0 Å². The monoisotopic (exact) mass is 242 g/mol. The number of hydrogen-bond donors (Lipinski definition) is 0. The largest absolute Gasteiger partial charge is 0.297 e. The Hall–Kier alpha value is -1.63. The molecular formula is C14H14N2S. The van der Waals surface area contributed by atoms with Crippen molar-refractivity contribution in [2.24, 2.45) is 0 Å². The van der Waals surface area contributed by atoms with Gasteiger partial charge in [-0.3, -0.25) is 4.90 Å². The van der Waals surface area contributed by atoms with Gasteiger partial charge in [0.2, 0.25) is 0 Å². The zero-order chi connectivity index (χ0) is 12.1. The maximum atomic E-state index is 9.02. The van der Waals surface area contributed by atoms with Crippen LogP contribution >= 0.6 is 11.3 Å². The average molecular weight is 242 g/mol. The molecule has 0 amide bonds. The van der Waals surface area contributed by atoms with Gasteiger partial charge in [-0.25, -0.2) is 0 Å². The van der Waals surface area contributed by atoms with Gasteiger partial charge in [0.1, 0.15) is 0 Å². The minimum Gasteiger partial charge on any atom is -0.297 e.